The molecule has 0 unspecified atom stereocenters. The molecule has 4 N–H and O–H groups in total. The second kappa shape index (κ2) is 10.1. The number of piperidine rings is 1. The van der Waals surface area contributed by atoms with Gasteiger partial charge in [0.2, 0.25) is 0 Å². The summed E-state index contributed by atoms with van der Waals surface area (Å²) < 4.78 is 19.9. The van der Waals surface area contributed by atoms with Crippen LogP contribution in [0.4, 0.5) is 4.39 Å². The highest BCUT2D eigenvalue weighted by Crippen LogP contribution is 2.36. The summed E-state index contributed by atoms with van der Waals surface area (Å²) in [5.41, 5.74) is 2.87. The number of amides is 2. The molecule has 0 bridgehead atoms. The number of β-amino-alcohol motifs (C(OH)–C–C–N with tert-alkyl or cyclic N) is 1. The number of aliphatic hydroxyl groups is 2. The standard InChI is InChI=1S/C26H30FN5O5/c1-13-21(25(35)31-18-7-8-32(10-19(18)34)26(36)14(2)33)23-24(30-13)22(28-12-29-23)17-6-5-16(27)9-20(17)37-11-15-3-4-15/h5-6,9,12,14-15,18-19,30,33-34H,3-4,7-8,10-11H2,1-2H3,(H,31,35)/t14-,18+,19+/m0/s1. The van der Waals surface area contributed by atoms with Crippen LogP contribution in [0.5, 0.6) is 5.75 Å². The number of benzene rings is 1. The van der Waals surface area contributed by atoms with Gasteiger partial charge in [-0.3, -0.25) is 9.59 Å². The number of rotatable bonds is 7. The van der Waals surface area contributed by atoms with Gasteiger partial charge in [0.1, 0.15) is 35.2 Å². The first kappa shape index (κ1) is 25.1. The van der Waals surface area contributed by atoms with Crippen LogP contribution in [0, 0.1) is 18.7 Å². The quantitative estimate of drug-likeness (QED) is 0.380. The minimum Gasteiger partial charge on any atom is -0.492 e. The van der Waals surface area contributed by atoms with E-state index >= 15 is 0 Å². The lowest BCUT2D eigenvalue weighted by Crippen LogP contribution is -2.56. The van der Waals surface area contributed by atoms with Gasteiger partial charge >= 0.3 is 0 Å². The third-order valence-electron chi connectivity index (χ3n) is 6.94. The number of hydrogen-bond donors (Lipinski definition) is 4. The van der Waals surface area contributed by atoms with Crippen LogP contribution in [0.2, 0.25) is 0 Å². The highest BCUT2D eigenvalue weighted by Gasteiger charge is 2.33. The number of likely N-dealkylation sites (tertiary alicyclic amines) is 1. The summed E-state index contributed by atoms with van der Waals surface area (Å²) in [4.78, 5) is 38.7. The van der Waals surface area contributed by atoms with Crippen molar-refractivity contribution in [2.24, 2.45) is 5.92 Å². The van der Waals surface area contributed by atoms with Crippen molar-refractivity contribution >= 4 is 22.8 Å². The number of nitrogens with zero attached hydrogens (tertiary/aromatic N) is 3. The maximum Gasteiger partial charge on any atom is 0.255 e. The predicted octanol–water partition coefficient (Wildman–Crippen LogP) is 1.93. The van der Waals surface area contributed by atoms with Gasteiger partial charge in [-0.15, -0.1) is 0 Å². The molecule has 2 fully saturated rings. The summed E-state index contributed by atoms with van der Waals surface area (Å²) in [5, 5.41) is 23.0. The molecule has 10 nitrogen and oxygen atoms in total. The molecule has 3 atom stereocenters. The van der Waals surface area contributed by atoms with Crippen LogP contribution in [0.15, 0.2) is 24.5 Å². The Bertz CT molecular complexity index is 1340. The third-order valence-corrected chi connectivity index (χ3v) is 6.94. The Hall–Kier alpha value is -3.57. The highest BCUT2D eigenvalue weighted by molar-refractivity contribution is 6.09. The molecule has 11 heteroatoms. The van der Waals surface area contributed by atoms with E-state index in [-0.39, 0.29) is 6.54 Å². The van der Waals surface area contributed by atoms with E-state index in [0.717, 1.165) is 12.8 Å². The number of H-pyrrole nitrogens is 1. The molecule has 37 heavy (non-hydrogen) atoms. The lowest BCUT2D eigenvalue weighted by molar-refractivity contribution is -0.142. The average Bonchev–Trinajstić information content (AvgIpc) is 3.63. The molecular weight excluding hydrogens is 481 g/mol. The normalized spacial score (nSPS) is 20.6. The van der Waals surface area contributed by atoms with Crippen molar-refractivity contribution in [3.63, 3.8) is 0 Å². The van der Waals surface area contributed by atoms with Crippen molar-refractivity contribution in [2.45, 2.75) is 51.4 Å². The first-order valence-electron chi connectivity index (χ1n) is 12.4. The zero-order chi connectivity index (χ0) is 26.3. The number of aromatic amines is 1. The molecule has 5 rings (SSSR count). The number of carbonyl (C=O) groups is 2. The number of aryl methyl sites for hydroxylation is 1. The van der Waals surface area contributed by atoms with Crippen LogP contribution in [0.1, 0.15) is 42.2 Å². The number of carbonyl (C=O) groups excluding carboxylic acids is 2. The number of fused-ring (bicyclic) bond motifs is 1. The van der Waals surface area contributed by atoms with Crippen molar-refractivity contribution in [1.82, 2.24) is 25.2 Å². The van der Waals surface area contributed by atoms with Crippen molar-refractivity contribution in [3.05, 3.63) is 41.6 Å². The second-order valence-electron chi connectivity index (χ2n) is 9.86. The number of hydrogen-bond acceptors (Lipinski definition) is 7. The van der Waals surface area contributed by atoms with Gasteiger partial charge in [-0.1, -0.05) is 0 Å². The fraction of sp³-hybridized carbons (Fsp3) is 0.462. The monoisotopic (exact) mass is 511 g/mol. The minimum absolute atomic E-state index is 0.0159. The number of ether oxygens (including phenoxy) is 1. The zero-order valence-electron chi connectivity index (χ0n) is 20.7. The Morgan fingerprint density at radius 2 is 2.08 bits per heavy atom. The first-order valence-corrected chi connectivity index (χ1v) is 12.4. The van der Waals surface area contributed by atoms with Crippen LogP contribution in [0.25, 0.3) is 22.3 Å². The lowest BCUT2D eigenvalue weighted by atomic mass is 10.0. The second-order valence-corrected chi connectivity index (χ2v) is 9.86. The summed E-state index contributed by atoms with van der Waals surface area (Å²) in [6.45, 7) is 3.95. The van der Waals surface area contributed by atoms with E-state index < -0.39 is 35.9 Å². The molecule has 2 amide bonds. The number of aliphatic hydroxyl groups excluding tert-OH is 2. The molecule has 2 aromatic heterocycles. The lowest BCUT2D eigenvalue weighted by Gasteiger charge is -2.36. The molecule has 1 saturated heterocycles. The minimum atomic E-state index is -1.15. The number of halogens is 1. The number of aromatic nitrogens is 3. The van der Waals surface area contributed by atoms with Crippen LogP contribution >= 0.6 is 0 Å². The molecule has 2 aliphatic rings. The van der Waals surface area contributed by atoms with E-state index in [1.807, 2.05) is 0 Å². The summed E-state index contributed by atoms with van der Waals surface area (Å²) in [6, 6.07) is 3.71. The molecule has 0 spiro atoms. The maximum atomic E-state index is 14.0. The molecule has 1 aromatic carbocycles. The van der Waals surface area contributed by atoms with Crippen LogP contribution in [-0.2, 0) is 4.79 Å². The van der Waals surface area contributed by atoms with E-state index in [4.69, 9.17) is 4.74 Å². The molecule has 0 radical (unpaired) electrons. The predicted molar refractivity (Wildman–Crippen MR) is 132 cm³/mol. The molecule has 196 valence electrons. The Morgan fingerprint density at radius 3 is 2.78 bits per heavy atom. The van der Waals surface area contributed by atoms with E-state index in [1.54, 1.807) is 13.0 Å². The third kappa shape index (κ3) is 5.14. The van der Waals surface area contributed by atoms with Gasteiger partial charge in [-0.05, 0) is 51.2 Å². The SMILES string of the molecule is Cc1[nH]c2c(-c3ccc(F)cc3OCC3CC3)ncnc2c1C(=O)N[C@@H]1CCN(C(=O)[C@H](C)O)C[C@H]1O. The number of nitrogens with one attached hydrogen (secondary N) is 2. The van der Waals surface area contributed by atoms with Crippen molar-refractivity contribution in [2.75, 3.05) is 19.7 Å². The van der Waals surface area contributed by atoms with Gasteiger partial charge in [0.25, 0.3) is 11.8 Å². The van der Waals surface area contributed by atoms with Crippen molar-refractivity contribution in [1.29, 1.82) is 0 Å². The molecule has 1 aliphatic carbocycles. The Labute approximate surface area is 212 Å². The fourth-order valence-corrected chi connectivity index (χ4v) is 4.71. The van der Waals surface area contributed by atoms with Crippen LogP contribution < -0.4 is 10.1 Å². The van der Waals surface area contributed by atoms with E-state index in [2.05, 4.69) is 20.3 Å². The van der Waals surface area contributed by atoms with Crippen LogP contribution in [0.3, 0.4) is 0 Å². The maximum absolute atomic E-state index is 14.0. The van der Waals surface area contributed by atoms with Gasteiger partial charge in [0.05, 0.1) is 29.8 Å². The van der Waals surface area contributed by atoms with Crippen LogP contribution in [-0.4, -0.2) is 79.8 Å². The molecule has 3 aromatic rings. The topological polar surface area (TPSA) is 141 Å². The summed E-state index contributed by atoms with van der Waals surface area (Å²) in [7, 11) is 0. The largest absolute Gasteiger partial charge is 0.492 e. The molecule has 1 aliphatic heterocycles. The molecular formula is C26H30FN5O5. The van der Waals surface area contributed by atoms with E-state index in [1.165, 1.54) is 30.3 Å². The van der Waals surface area contributed by atoms with Crippen molar-refractivity contribution in [3.8, 4) is 17.0 Å². The molecule has 3 heterocycles. The summed E-state index contributed by atoms with van der Waals surface area (Å²) in [5.74, 6) is -0.426. The Morgan fingerprint density at radius 1 is 1.30 bits per heavy atom. The van der Waals surface area contributed by atoms with E-state index in [0.29, 0.717) is 64.8 Å². The Kier molecular flexibility index (Phi) is 6.82. The first-order chi connectivity index (χ1) is 17.7. The average molecular weight is 512 g/mol. The van der Waals surface area contributed by atoms with Gasteiger partial charge in [0.15, 0.2) is 0 Å². The zero-order valence-corrected chi connectivity index (χ0v) is 20.7. The summed E-state index contributed by atoms with van der Waals surface area (Å²) in [6.07, 6.45) is 1.75. The van der Waals surface area contributed by atoms with Crippen molar-refractivity contribution < 1.29 is 28.9 Å². The van der Waals surface area contributed by atoms with Gasteiger partial charge in [0, 0.05) is 30.4 Å². The smallest absolute Gasteiger partial charge is 0.255 e. The highest BCUT2D eigenvalue weighted by atomic mass is 19.1. The van der Waals surface area contributed by atoms with Gasteiger partial charge in [-0.25, -0.2) is 14.4 Å². The van der Waals surface area contributed by atoms with E-state index in [9.17, 15) is 24.2 Å². The summed E-state index contributed by atoms with van der Waals surface area (Å²) >= 11 is 0. The van der Waals surface area contributed by atoms with Gasteiger partial charge in [-0.2, -0.15) is 0 Å². The molecule has 1 saturated carbocycles. The Balaban J connectivity index is 1.40. The van der Waals surface area contributed by atoms with Gasteiger partial charge < -0.3 is 30.2 Å². The fourth-order valence-electron chi connectivity index (χ4n) is 4.71.